The SMILES string of the molecule is CCC(C)(C#N)C(=O)NCC1(OC)CCC1. The van der Waals surface area contributed by atoms with Gasteiger partial charge in [0.1, 0.15) is 5.41 Å². The predicted octanol–water partition coefficient (Wildman–Crippen LogP) is 1.61. The van der Waals surface area contributed by atoms with E-state index < -0.39 is 5.41 Å². The van der Waals surface area contributed by atoms with Gasteiger partial charge in [0.2, 0.25) is 5.91 Å². The van der Waals surface area contributed by atoms with E-state index in [9.17, 15) is 4.79 Å². The Hall–Kier alpha value is -1.08. The lowest BCUT2D eigenvalue weighted by Crippen LogP contribution is -2.51. The first-order valence-corrected chi connectivity index (χ1v) is 5.76. The van der Waals surface area contributed by atoms with Crippen molar-refractivity contribution in [2.75, 3.05) is 13.7 Å². The number of hydrogen-bond acceptors (Lipinski definition) is 3. The molecular weight excluding hydrogens is 204 g/mol. The van der Waals surface area contributed by atoms with Gasteiger partial charge in [-0.2, -0.15) is 5.26 Å². The lowest BCUT2D eigenvalue weighted by Gasteiger charge is -2.40. The number of nitriles is 1. The second-order valence-corrected chi connectivity index (χ2v) is 4.72. The minimum atomic E-state index is -0.918. The third-order valence-electron chi connectivity index (χ3n) is 3.72. The summed E-state index contributed by atoms with van der Waals surface area (Å²) in [7, 11) is 1.68. The molecule has 1 aliphatic rings. The van der Waals surface area contributed by atoms with Gasteiger partial charge in [0.05, 0.1) is 11.7 Å². The Kier molecular flexibility index (Phi) is 3.93. The van der Waals surface area contributed by atoms with Crippen molar-refractivity contribution in [1.82, 2.24) is 5.32 Å². The Bertz CT molecular complexity index is 299. The van der Waals surface area contributed by atoms with E-state index in [1.165, 1.54) is 0 Å². The number of ether oxygens (including phenoxy) is 1. The van der Waals surface area contributed by atoms with Crippen LogP contribution < -0.4 is 5.32 Å². The van der Waals surface area contributed by atoms with Gasteiger partial charge in [-0.05, 0) is 32.6 Å². The molecule has 0 saturated heterocycles. The van der Waals surface area contributed by atoms with Crippen LogP contribution in [0.15, 0.2) is 0 Å². The van der Waals surface area contributed by atoms with E-state index in [1.54, 1.807) is 14.0 Å². The molecule has 1 unspecified atom stereocenters. The first kappa shape index (κ1) is 13.0. The van der Waals surface area contributed by atoms with Crippen LogP contribution in [0.1, 0.15) is 39.5 Å². The van der Waals surface area contributed by atoms with Crippen LogP contribution in [0, 0.1) is 16.7 Å². The summed E-state index contributed by atoms with van der Waals surface area (Å²) < 4.78 is 5.41. The Morgan fingerprint density at radius 1 is 1.62 bits per heavy atom. The normalized spacial score (nSPS) is 21.4. The second kappa shape index (κ2) is 4.84. The smallest absolute Gasteiger partial charge is 0.240 e. The number of nitrogens with zero attached hydrogens (tertiary/aromatic N) is 1. The van der Waals surface area contributed by atoms with E-state index in [0.717, 1.165) is 19.3 Å². The summed E-state index contributed by atoms with van der Waals surface area (Å²) in [6.45, 7) is 4.03. The number of amides is 1. The van der Waals surface area contributed by atoms with Crippen molar-refractivity contribution >= 4 is 5.91 Å². The van der Waals surface area contributed by atoms with Crippen molar-refractivity contribution in [2.45, 2.75) is 45.1 Å². The molecule has 4 nitrogen and oxygen atoms in total. The zero-order valence-corrected chi connectivity index (χ0v) is 10.3. The van der Waals surface area contributed by atoms with Crippen LogP contribution in [-0.2, 0) is 9.53 Å². The van der Waals surface area contributed by atoms with E-state index in [-0.39, 0.29) is 11.5 Å². The minimum absolute atomic E-state index is 0.181. The van der Waals surface area contributed by atoms with E-state index in [1.807, 2.05) is 6.92 Å². The average molecular weight is 224 g/mol. The van der Waals surface area contributed by atoms with Gasteiger partial charge >= 0.3 is 0 Å². The molecule has 1 aliphatic carbocycles. The molecule has 4 heteroatoms. The summed E-state index contributed by atoms with van der Waals surface area (Å²) in [6.07, 6.45) is 3.64. The number of nitrogens with one attached hydrogen (secondary N) is 1. The molecule has 0 spiro atoms. The number of methoxy groups -OCH3 is 1. The largest absolute Gasteiger partial charge is 0.376 e. The molecule has 0 aliphatic heterocycles. The molecule has 1 fully saturated rings. The van der Waals surface area contributed by atoms with Gasteiger partial charge in [0.15, 0.2) is 0 Å². The van der Waals surface area contributed by atoms with Gasteiger partial charge < -0.3 is 10.1 Å². The standard InChI is InChI=1S/C12H20N2O2/c1-4-11(2,8-13)10(15)14-9-12(16-3)6-5-7-12/h4-7,9H2,1-3H3,(H,14,15). The predicted molar refractivity (Wildman–Crippen MR) is 60.6 cm³/mol. The maximum absolute atomic E-state index is 11.8. The summed E-state index contributed by atoms with van der Waals surface area (Å²) >= 11 is 0. The van der Waals surface area contributed by atoms with Gasteiger partial charge in [0, 0.05) is 13.7 Å². The summed E-state index contributed by atoms with van der Waals surface area (Å²) in [5.41, 5.74) is -1.10. The molecule has 1 atom stereocenters. The molecule has 1 rings (SSSR count). The van der Waals surface area contributed by atoms with Crippen LogP contribution in [0.4, 0.5) is 0 Å². The fraction of sp³-hybridized carbons (Fsp3) is 0.833. The van der Waals surface area contributed by atoms with E-state index >= 15 is 0 Å². The van der Waals surface area contributed by atoms with Crippen molar-refractivity contribution in [3.05, 3.63) is 0 Å². The van der Waals surface area contributed by atoms with Crippen LogP contribution in [0.5, 0.6) is 0 Å². The highest BCUT2D eigenvalue weighted by Gasteiger charge is 2.39. The van der Waals surface area contributed by atoms with Gasteiger partial charge in [-0.1, -0.05) is 6.92 Å². The summed E-state index contributed by atoms with van der Waals surface area (Å²) in [5, 5.41) is 11.8. The van der Waals surface area contributed by atoms with Crippen molar-refractivity contribution in [1.29, 1.82) is 5.26 Å². The molecular formula is C12H20N2O2. The molecule has 0 radical (unpaired) electrons. The quantitative estimate of drug-likeness (QED) is 0.771. The lowest BCUT2D eigenvalue weighted by atomic mass is 9.79. The third-order valence-corrected chi connectivity index (χ3v) is 3.72. The van der Waals surface area contributed by atoms with E-state index in [2.05, 4.69) is 11.4 Å². The molecule has 0 aromatic rings. The zero-order chi connectivity index (χ0) is 12.2. The number of hydrogen-bond donors (Lipinski definition) is 1. The van der Waals surface area contributed by atoms with Gasteiger partial charge in [-0.15, -0.1) is 0 Å². The first-order valence-electron chi connectivity index (χ1n) is 5.76. The summed E-state index contributed by atoms with van der Waals surface area (Å²) in [4.78, 5) is 11.8. The minimum Gasteiger partial charge on any atom is -0.376 e. The highest BCUT2D eigenvalue weighted by atomic mass is 16.5. The number of rotatable bonds is 5. The molecule has 1 amide bonds. The van der Waals surface area contributed by atoms with Crippen molar-refractivity contribution in [3.8, 4) is 6.07 Å². The van der Waals surface area contributed by atoms with Crippen LogP contribution in [0.25, 0.3) is 0 Å². The van der Waals surface area contributed by atoms with Crippen LogP contribution >= 0.6 is 0 Å². The molecule has 0 aromatic heterocycles. The van der Waals surface area contributed by atoms with Crippen LogP contribution in [0.2, 0.25) is 0 Å². The van der Waals surface area contributed by atoms with Gasteiger partial charge in [0.25, 0.3) is 0 Å². The van der Waals surface area contributed by atoms with E-state index in [4.69, 9.17) is 10.00 Å². The van der Waals surface area contributed by atoms with Crippen LogP contribution in [-0.4, -0.2) is 25.2 Å². The summed E-state index contributed by atoms with van der Waals surface area (Å²) in [6, 6.07) is 2.07. The number of carbonyl (C=O) groups excluding carboxylic acids is 1. The fourth-order valence-electron chi connectivity index (χ4n) is 1.75. The molecule has 1 saturated carbocycles. The van der Waals surface area contributed by atoms with Crippen molar-refractivity contribution in [2.24, 2.45) is 5.41 Å². The average Bonchev–Trinajstić information content (AvgIpc) is 2.26. The first-order chi connectivity index (χ1) is 7.52. The highest BCUT2D eigenvalue weighted by Crippen LogP contribution is 2.34. The monoisotopic (exact) mass is 224 g/mol. The maximum atomic E-state index is 11.8. The molecule has 0 bridgehead atoms. The molecule has 0 aromatic carbocycles. The van der Waals surface area contributed by atoms with Gasteiger partial charge in [-0.25, -0.2) is 0 Å². The maximum Gasteiger partial charge on any atom is 0.240 e. The Balaban J connectivity index is 2.50. The van der Waals surface area contributed by atoms with Crippen molar-refractivity contribution < 1.29 is 9.53 Å². The zero-order valence-electron chi connectivity index (χ0n) is 10.3. The molecule has 16 heavy (non-hydrogen) atoms. The Morgan fingerprint density at radius 3 is 2.56 bits per heavy atom. The fourth-order valence-corrected chi connectivity index (χ4v) is 1.75. The Morgan fingerprint density at radius 2 is 2.25 bits per heavy atom. The topological polar surface area (TPSA) is 62.1 Å². The third kappa shape index (κ3) is 2.35. The lowest BCUT2D eigenvalue weighted by molar-refractivity contribution is -0.131. The molecule has 0 heterocycles. The van der Waals surface area contributed by atoms with E-state index in [0.29, 0.717) is 13.0 Å². The van der Waals surface area contributed by atoms with Gasteiger partial charge in [-0.3, -0.25) is 4.79 Å². The van der Waals surface area contributed by atoms with Crippen molar-refractivity contribution in [3.63, 3.8) is 0 Å². The second-order valence-electron chi connectivity index (χ2n) is 4.72. The Labute approximate surface area is 97.0 Å². The van der Waals surface area contributed by atoms with Crippen LogP contribution in [0.3, 0.4) is 0 Å². The number of carbonyl (C=O) groups is 1. The molecule has 1 N–H and O–H groups in total. The summed E-state index contributed by atoms with van der Waals surface area (Å²) in [5.74, 6) is -0.194. The molecule has 90 valence electrons. The highest BCUT2D eigenvalue weighted by molar-refractivity contribution is 5.84.